The van der Waals surface area contributed by atoms with Crippen LogP contribution in [0.5, 0.6) is 0 Å². The zero-order chi connectivity index (χ0) is 9.68. The van der Waals surface area contributed by atoms with Crippen LogP contribution in [0.3, 0.4) is 0 Å². The average Bonchev–Trinajstić information content (AvgIpc) is 2.15. The van der Waals surface area contributed by atoms with Gasteiger partial charge in [-0.3, -0.25) is 4.79 Å². The SMILES string of the molecule is CC(OCc1ccccc1)C(=O)F. The van der Waals surface area contributed by atoms with Gasteiger partial charge in [0.25, 0.3) is 0 Å². The van der Waals surface area contributed by atoms with E-state index in [0.29, 0.717) is 0 Å². The lowest BCUT2D eigenvalue weighted by molar-refractivity contribution is -0.141. The average molecular weight is 182 g/mol. The van der Waals surface area contributed by atoms with E-state index in [9.17, 15) is 9.18 Å². The molecule has 3 heteroatoms. The van der Waals surface area contributed by atoms with Gasteiger partial charge in [0.15, 0.2) is 0 Å². The predicted molar refractivity (Wildman–Crippen MR) is 46.8 cm³/mol. The largest absolute Gasteiger partial charge is 0.363 e. The van der Waals surface area contributed by atoms with Gasteiger partial charge in [-0.15, -0.1) is 0 Å². The van der Waals surface area contributed by atoms with Crippen molar-refractivity contribution in [3.8, 4) is 0 Å². The Balaban J connectivity index is 2.39. The number of carbonyl (C=O) groups excluding carboxylic acids is 1. The second-order valence-electron chi connectivity index (χ2n) is 2.74. The second-order valence-corrected chi connectivity index (χ2v) is 2.74. The highest BCUT2D eigenvalue weighted by Gasteiger charge is 2.11. The van der Waals surface area contributed by atoms with Crippen molar-refractivity contribution in [2.75, 3.05) is 0 Å². The fraction of sp³-hybridized carbons (Fsp3) is 0.300. The molecule has 0 amide bonds. The molecule has 0 radical (unpaired) electrons. The van der Waals surface area contributed by atoms with Gasteiger partial charge in [0.2, 0.25) is 0 Å². The zero-order valence-electron chi connectivity index (χ0n) is 7.37. The van der Waals surface area contributed by atoms with Crippen molar-refractivity contribution in [3.05, 3.63) is 35.9 Å². The molecular formula is C10H11FO2. The maximum atomic E-state index is 12.0. The lowest BCUT2D eigenvalue weighted by Crippen LogP contribution is -2.15. The minimum Gasteiger partial charge on any atom is -0.363 e. The van der Waals surface area contributed by atoms with Crippen LogP contribution in [0.4, 0.5) is 4.39 Å². The van der Waals surface area contributed by atoms with Gasteiger partial charge in [0.1, 0.15) is 6.10 Å². The molecule has 1 aromatic carbocycles. The first-order chi connectivity index (χ1) is 6.20. The van der Waals surface area contributed by atoms with E-state index >= 15 is 0 Å². The van der Waals surface area contributed by atoms with Crippen LogP contribution in [-0.4, -0.2) is 12.1 Å². The van der Waals surface area contributed by atoms with Gasteiger partial charge in [0.05, 0.1) is 6.61 Å². The monoisotopic (exact) mass is 182 g/mol. The van der Waals surface area contributed by atoms with Crippen LogP contribution in [-0.2, 0) is 16.1 Å². The maximum Gasteiger partial charge on any atom is 0.329 e. The summed E-state index contributed by atoms with van der Waals surface area (Å²) in [6.45, 7) is 1.66. The van der Waals surface area contributed by atoms with E-state index in [2.05, 4.69) is 0 Å². The molecule has 0 fully saturated rings. The van der Waals surface area contributed by atoms with Crippen molar-refractivity contribution < 1.29 is 13.9 Å². The lowest BCUT2D eigenvalue weighted by Gasteiger charge is -2.06. The maximum absolute atomic E-state index is 12.0. The smallest absolute Gasteiger partial charge is 0.329 e. The quantitative estimate of drug-likeness (QED) is 0.666. The van der Waals surface area contributed by atoms with Crippen molar-refractivity contribution in [2.45, 2.75) is 19.6 Å². The number of halogens is 1. The second kappa shape index (κ2) is 4.72. The van der Waals surface area contributed by atoms with Gasteiger partial charge in [-0.1, -0.05) is 30.3 Å². The zero-order valence-corrected chi connectivity index (χ0v) is 7.37. The van der Waals surface area contributed by atoms with E-state index in [0.717, 1.165) is 5.56 Å². The molecule has 1 aromatic rings. The highest BCUT2D eigenvalue weighted by molar-refractivity contribution is 5.72. The summed E-state index contributed by atoms with van der Waals surface area (Å²) in [5.41, 5.74) is 0.926. The molecule has 1 atom stereocenters. The third-order valence-corrected chi connectivity index (χ3v) is 1.66. The molecule has 1 unspecified atom stereocenters. The number of rotatable bonds is 4. The Morgan fingerprint density at radius 2 is 2.08 bits per heavy atom. The number of hydrogen-bond acceptors (Lipinski definition) is 2. The minimum absolute atomic E-state index is 0.262. The van der Waals surface area contributed by atoms with Crippen molar-refractivity contribution in [1.29, 1.82) is 0 Å². The minimum atomic E-state index is -1.43. The fourth-order valence-electron chi connectivity index (χ4n) is 0.861. The van der Waals surface area contributed by atoms with Crippen LogP contribution in [0.2, 0.25) is 0 Å². The summed E-state index contributed by atoms with van der Waals surface area (Å²) in [6, 6.07) is 7.88. The first-order valence-electron chi connectivity index (χ1n) is 4.05. The number of benzene rings is 1. The van der Waals surface area contributed by atoms with Gasteiger partial charge >= 0.3 is 6.04 Å². The Bertz CT molecular complexity index is 272. The summed E-state index contributed by atoms with van der Waals surface area (Å²) in [5.74, 6) is 0. The van der Waals surface area contributed by atoms with E-state index in [1.807, 2.05) is 30.3 Å². The van der Waals surface area contributed by atoms with E-state index in [1.165, 1.54) is 6.92 Å². The summed E-state index contributed by atoms with van der Waals surface area (Å²) >= 11 is 0. The molecule has 1 rings (SSSR count). The van der Waals surface area contributed by atoms with Crippen LogP contribution in [0.15, 0.2) is 30.3 Å². The number of carbonyl (C=O) groups is 1. The van der Waals surface area contributed by atoms with Gasteiger partial charge in [-0.25, -0.2) is 0 Å². The van der Waals surface area contributed by atoms with E-state index in [-0.39, 0.29) is 6.61 Å². The van der Waals surface area contributed by atoms with Crippen molar-refractivity contribution >= 4 is 6.04 Å². The van der Waals surface area contributed by atoms with Crippen LogP contribution < -0.4 is 0 Å². The summed E-state index contributed by atoms with van der Waals surface area (Å²) < 4.78 is 17.0. The normalized spacial score (nSPS) is 12.5. The van der Waals surface area contributed by atoms with Gasteiger partial charge < -0.3 is 4.74 Å². The Morgan fingerprint density at radius 3 is 2.62 bits per heavy atom. The third-order valence-electron chi connectivity index (χ3n) is 1.66. The summed E-state index contributed by atoms with van der Waals surface area (Å²) in [4.78, 5) is 10.2. The molecule has 0 aliphatic carbocycles. The highest BCUT2D eigenvalue weighted by Crippen LogP contribution is 2.03. The molecule has 70 valence electrons. The molecule has 0 aliphatic rings. The molecule has 0 heterocycles. The molecule has 0 bridgehead atoms. The molecule has 0 N–H and O–H groups in total. The van der Waals surface area contributed by atoms with Gasteiger partial charge in [0, 0.05) is 0 Å². The standard InChI is InChI=1S/C10H11FO2/c1-8(10(11)12)13-7-9-5-3-2-4-6-9/h2-6,8H,7H2,1H3. The first kappa shape index (κ1) is 9.86. The van der Waals surface area contributed by atoms with Crippen LogP contribution in [0.25, 0.3) is 0 Å². The summed E-state index contributed by atoms with van der Waals surface area (Å²) in [7, 11) is 0. The topological polar surface area (TPSA) is 26.3 Å². The number of hydrogen-bond donors (Lipinski definition) is 0. The van der Waals surface area contributed by atoms with Crippen molar-refractivity contribution in [3.63, 3.8) is 0 Å². The molecule has 0 saturated heterocycles. The van der Waals surface area contributed by atoms with E-state index < -0.39 is 12.1 Å². The highest BCUT2D eigenvalue weighted by atomic mass is 19.1. The van der Waals surface area contributed by atoms with Crippen LogP contribution in [0.1, 0.15) is 12.5 Å². The van der Waals surface area contributed by atoms with E-state index in [1.54, 1.807) is 0 Å². The lowest BCUT2D eigenvalue weighted by atomic mass is 10.2. The molecule has 13 heavy (non-hydrogen) atoms. The van der Waals surface area contributed by atoms with E-state index in [4.69, 9.17) is 4.74 Å². The Labute approximate surface area is 76.3 Å². The van der Waals surface area contributed by atoms with Crippen LogP contribution in [0, 0.1) is 0 Å². The molecule has 2 nitrogen and oxygen atoms in total. The summed E-state index contributed by atoms with van der Waals surface area (Å²) in [6.07, 6.45) is -0.972. The predicted octanol–water partition coefficient (Wildman–Crippen LogP) is 2.09. The molecule has 0 aliphatic heterocycles. The fourth-order valence-corrected chi connectivity index (χ4v) is 0.861. The molecule has 0 spiro atoms. The van der Waals surface area contributed by atoms with Crippen LogP contribution >= 0.6 is 0 Å². The van der Waals surface area contributed by atoms with Crippen molar-refractivity contribution in [1.82, 2.24) is 0 Å². The summed E-state index contributed by atoms with van der Waals surface area (Å²) in [5, 5.41) is 0. The number of ether oxygens (including phenoxy) is 1. The Kier molecular flexibility index (Phi) is 3.58. The molecular weight excluding hydrogens is 171 g/mol. The van der Waals surface area contributed by atoms with Gasteiger partial charge in [-0.2, -0.15) is 4.39 Å². The molecule has 0 saturated carbocycles. The van der Waals surface area contributed by atoms with Gasteiger partial charge in [-0.05, 0) is 12.5 Å². The first-order valence-corrected chi connectivity index (χ1v) is 4.05. The Hall–Kier alpha value is -1.22. The molecule has 0 aromatic heterocycles. The Morgan fingerprint density at radius 1 is 1.46 bits per heavy atom. The van der Waals surface area contributed by atoms with Crippen molar-refractivity contribution in [2.24, 2.45) is 0 Å². The third kappa shape index (κ3) is 3.34.